The highest BCUT2D eigenvalue weighted by molar-refractivity contribution is 5.89. The summed E-state index contributed by atoms with van der Waals surface area (Å²) in [4.78, 5) is 12.7. The quantitative estimate of drug-likeness (QED) is 0.188. The predicted octanol–water partition coefficient (Wildman–Crippen LogP) is -0.374. The first-order chi connectivity index (χ1) is 18.2. The maximum Gasteiger partial charge on any atom is 0.337 e. The van der Waals surface area contributed by atoms with Crippen molar-refractivity contribution >= 4 is 5.97 Å². The van der Waals surface area contributed by atoms with Crippen molar-refractivity contribution in [1.29, 1.82) is 0 Å². The van der Waals surface area contributed by atoms with Gasteiger partial charge in [-0.2, -0.15) is 0 Å². The standard InChI is InChI=1S/C26H35NO11/c1-4-13-15(8-17-14-9-18(29)19(34-2)7-12(14)5-6-27-17)16(24(33)35-3)11-36-25(13)38-26-23(32)22(31)21(30)20(10-28)37-26/h4,7,9,11,13,15,17,20-23,25-32H,1,5-6,8,10H2,2-3H3/t13-,15+,17+,20-,21-,22+,23-,25+,26+/m1/s1. The van der Waals surface area contributed by atoms with Gasteiger partial charge in [-0.3, -0.25) is 0 Å². The van der Waals surface area contributed by atoms with Gasteiger partial charge < -0.3 is 54.5 Å². The van der Waals surface area contributed by atoms with Crippen LogP contribution in [-0.2, 0) is 30.2 Å². The zero-order valence-electron chi connectivity index (χ0n) is 21.2. The van der Waals surface area contributed by atoms with Gasteiger partial charge in [0.25, 0.3) is 0 Å². The van der Waals surface area contributed by atoms with Crippen molar-refractivity contribution in [2.75, 3.05) is 27.4 Å². The minimum Gasteiger partial charge on any atom is -0.504 e. The summed E-state index contributed by atoms with van der Waals surface area (Å²) >= 11 is 0. The Balaban J connectivity index is 1.62. The first-order valence-electron chi connectivity index (χ1n) is 12.4. The Hall–Kier alpha value is -2.71. The van der Waals surface area contributed by atoms with Gasteiger partial charge in [-0.15, -0.1) is 6.58 Å². The topological polar surface area (TPSA) is 176 Å². The summed E-state index contributed by atoms with van der Waals surface area (Å²) in [6.07, 6.45) is -4.60. The Morgan fingerprint density at radius 2 is 1.95 bits per heavy atom. The van der Waals surface area contributed by atoms with Gasteiger partial charge in [0.05, 0.1) is 32.7 Å². The third-order valence-corrected chi connectivity index (χ3v) is 7.41. The molecule has 12 heteroatoms. The number of fused-ring (bicyclic) bond motifs is 1. The normalized spacial score (nSPS) is 34.9. The predicted molar refractivity (Wildman–Crippen MR) is 131 cm³/mol. The number of hydrogen-bond acceptors (Lipinski definition) is 12. The van der Waals surface area contributed by atoms with Crippen LogP contribution >= 0.6 is 0 Å². The molecular weight excluding hydrogens is 502 g/mol. The molecule has 12 nitrogen and oxygen atoms in total. The second-order valence-corrected chi connectivity index (χ2v) is 9.54. The molecule has 3 heterocycles. The highest BCUT2D eigenvalue weighted by Gasteiger charge is 2.48. The van der Waals surface area contributed by atoms with Crippen LogP contribution in [0.5, 0.6) is 11.5 Å². The summed E-state index contributed by atoms with van der Waals surface area (Å²) < 4.78 is 27.3. The number of phenols is 1. The smallest absolute Gasteiger partial charge is 0.337 e. The lowest BCUT2D eigenvalue weighted by atomic mass is 9.77. The van der Waals surface area contributed by atoms with E-state index in [9.17, 15) is 30.3 Å². The van der Waals surface area contributed by atoms with E-state index < -0.39 is 61.4 Å². The van der Waals surface area contributed by atoms with E-state index in [0.717, 1.165) is 17.5 Å². The lowest BCUT2D eigenvalue weighted by molar-refractivity contribution is -0.339. The molecule has 0 saturated carbocycles. The SMILES string of the molecule is C=C[C@H]1[C@H](O[C@@H]2O[C@H](CO)[C@@H](O)[C@H](O)[C@H]2O)OC=C(C(=O)OC)[C@H]1C[C@@H]1NCCc2cc(OC)c(O)cc21. The number of ether oxygens (including phenoxy) is 5. The molecule has 9 atom stereocenters. The first-order valence-corrected chi connectivity index (χ1v) is 12.4. The van der Waals surface area contributed by atoms with Gasteiger partial charge in [0.2, 0.25) is 6.29 Å². The van der Waals surface area contributed by atoms with Crippen LogP contribution in [-0.4, -0.2) is 95.9 Å². The summed E-state index contributed by atoms with van der Waals surface area (Å²) in [6, 6.07) is 3.19. The van der Waals surface area contributed by atoms with Crippen LogP contribution < -0.4 is 10.1 Å². The van der Waals surface area contributed by atoms with Gasteiger partial charge in [0.1, 0.15) is 24.4 Å². The van der Waals surface area contributed by atoms with Gasteiger partial charge in [-0.25, -0.2) is 4.79 Å². The molecule has 3 aliphatic rings. The molecule has 1 aromatic rings. The largest absolute Gasteiger partial charge is 0.504 e. The molecular formula is C26H35NO11. The van der Waals surface area contributed by atoms with Crippen molar-refractivity contribution in [1.82, 2.24) is 5.32 Å². The average molecular weight is 538 g/mol. The van der Waals surface area contributed by atoms with Crippen molar-refractivity contribution in [3.8, 4) is 11.5 Å². The average Bonchev–Trinajstić information content (AvgIpc) is 2.93. The fourth-order valence-electron chi connectivity index (χ4n) is 5.31. The van der Waals surface area contributed by atoms with Crippen molar-refractivity contribution in [3.05, 3.63) is 47.7 Å². The second kappa shape index (κ2) is 12.0. The number of aliphatic hydroxyl groups is 4. The Morgan fingerprint density at radius 1 is 1.18 bits per heavy atom. The molecule has 1 fully saturated rings. The lowest BCUT2D eigenvalue weighted by Crippen LogP contribution is -2.60. The number of methoxy groups -OCH3 is 2. The summed E-state index contributed by atoms with van der Waals surface area (Å²) in [6.45, 7) is 3.95. The summed E-state index contributed by atoms with van der Waals surface area (Å²) in [7, 11) is 2.75. The van der Waals surface area contributed by atoms with Crippen LogP contribution in [0.4, 0.5) is 0 Å². The van der Waals surface area contributed by atoms with Gasteiger partial charge in [0, 0.05) is 17.9 Å². The lowest BCUT2D eigenvalue weighted by Gasteiger charge is -2.43. The van der Waals surface area contributed by atoms with Crippen LogP contribution in [0.1, 0.15) is 23.6 Å². The number of aliphatic hydroxyl groups excluding tert-OH is 4. The van der Waals surface area contributed by atoms with Crippen LogP contribution in [0.15, 0.2) is 36.6 Å². The molecule has 1 aromatic carbocycles. The van der Waals surface area contributed by atoms with E-state index in [2.05, 4.69) is 11.9 Å². The van der Waals surface area contributed by atoms with Gasteiger partial charge in [-0.05, 0) is 42.6 Å². The number of hydrogen-bond donors (Lipinski definition) is 6. The molecule has 4 rings (SSSR count). The molecule has 38 heavy (non-hydrogen) atoms. The molecule has 0 radical (unpaired) electrons. The van der Waals surface area contributed by atoms with E-state index in [0.29, 0.717) is 18.7 Å². The van der Waals surface area contributed by atoms with Gasteiger partial charge >= 0.3 is 5.97 Å². The summed E-state index contributed by atoms with van der Waals surface area (Å²) in [5, 5.41) is 54.0. The zero-order chi connectivity index (χ0) is 27.6. The first kappa shape index (κ1) is 28.3. The molecule has 0 amide bonds. The Kier molecular flexibility index (Phi) is 8.93. The van der Waals surface area contributed by atoms with E-state index >= 15 is 0 Å². The van der Waals surface area contributed by atoms with Crippen LogP contribution in [0.3, 0.4) is 0 Å². The number of phenolic OH excluding ortho intramolecular Hbond substituents is 1. The van der Waals surface area contributed by atoms with E-state index in [1.54, 1.807) is 18.2 Å². The molecule has 210 valence electrons. The number of aromatic hydroxyl groups is 1. The van der Waals surface area contributed by atoms with E-state index in [4.69, 9.17) is 23.7 Å². The number of benzene rings is 1. The van der Waals surface area contributed by atoms with Crippen molar-refractivity contribution in [2.45, 2.75) is 55.9 Å². The molecule has 0 spiro atoms. The number of carbonyl (C=O) groups excluding carboxylic acids is 1. The Bertz CT molecular complexity index is 1040. The molecule has 3 aliphatic heterocycles. The highest BCUT2D eigenvalue weighted by Crippen LogP contribution is 2.42. The number of esters is 1. The van der Waals surface area contributed by atoms with Crippen molar-refractivity contribution in [2.24, 2.45) is 11.8 Å². The maximum absolute atomic E-state index is 12.7. The molecule has 0 bridgehead atoms. The zero-order valence-corrected chi connectivity index (χ0v) is 21.2. The third-order valence-electron chi connectivity index (χ3n) is 7.41. The minimum atomic E-state index is -1.63. The van der Waals surface area contributed by atoms with Crippen LogP contribution in [0, 0.1) is 11.8 Å². The van der Waals surface area contributed by atoms with Crippen LogP contribution in [0.25, 0.3) is 0 Å². The molecule has 0 aliphatic carbocycles. The fraction of sp³-hybridized carbons (Fsp3) is 0.577. The molecule has 0 unspecified atom stereocenters. The van der Waals surface area contributed by atoms with Gasteiger partial charge in [-0.1, -0.05) is 6.08 Å². The number of rotatable bonds is 8. The molecule has 1 saturated heterocycles. The number of carbonyl (C=O) groups is 1. The van der Waals surface area contributed by atoms with E-state index in [1.165, 1.54) is 20.5 Å². The summed E-state index contributed by atoms with van der Waals surface area (Å²) in [5.41, 5.74) is 2.11. The fourth-order valence-corrected chi connectivity index (χ4v) is 5.31. The minimum absolute atomic E-state index is 0.000223. The third kappa shape index (κ3) is 5.38. The Morgan fingerprint density at radius 3 is 2.61 bits per heavy atom. The second-order valence-electron chi connectivity index (χ2n) is 9.54. The Labute approximate surface area is 220 Å². The van der Waals surface area contributed by atoms with Crippen molar-refractivity contribution < 1.29 is 54.0 Å². The summed E-state index contributed by atoms with van der Waals surface area (Å²) in [5.74, 6) is -1.39. The van der Waals surface area contributed by atoms with Crippen molar-refractivity contribution in [3.63, 3.8) is 0 Å². The number of nitrogens with one attached hydrogen (secondary N) is 1. The van der Waals surface area contributed by atoms with Gasteiger partial charge in [0.15, 0.2) is 17.8 Å². The maximum atomic E-state index is 12.7. The highest BCUT2D eigenvalue weighted by atomic mass is 16.8. The monoisotopic (exact) mass is 537 g/mol. The molecule has 6 N–H and O–H groups in total. The van der Waals surface area contributed by atoms with Crippen LogP contribution in [0.2, 0.25) is 0 Å². The van der Waals surface area contributed by atoms with E-state index in [-0.39, 0.29) is 17.4 Å². The van der Waals surface area contributed by atoms with E-state index in [1.807, 2.05) is 0 Å². The molecule has 0 aromatic heterocycles.